The number of hydrogen-bond acceptors (Lipinski definition) is 3. The van der Waals surface area contributed by atoms with E-state index in [0.29, 0.717) is 26.8 Å². The van der Waals surface area contributed by atoms with Crippen molar-refractivity contribution in [2.24, 2.45) is 5.84 Å². The normalized spacial score (nSPS) is 9.90. The van der Waals surface area contributed by atoms with E-state index < -0.39 is 5.91 Å². The molecule has 2 rings (SSSR count). The summed E-state index contributed by atoms with van der Waals surface area (Å²) >= 11 is 11.4. The largest absolute Gasteiger partial charge is 0.345 e. The Bertz CT molecular complexity index is 660. The van der Waals surface area contributed by atoms with E-state index in [-0.39, 0.29) is 0 Å². The first kappa shape index (κ1) is 14.5. The van der Waals surface area contributed by atoms with Crippen LogP contribution in [0, 0.1) is 0 Å². The number of hydrogen-bond donors (Lipinski definition) is 3. The van der Waals surface area contributed by atoms with E-state index in [0.717, 1.165) is 0 Å². The third-order valence-electron chi connectivity index (χ3n) is 2.67. The number of benzene rings is 2. The predicted octanol–water partition coefficient (Wildman–Crippen LogP) is 2.73. The van der Waals surface area contributed by atoms with Gasteiger partial charge in [-0.2, -0.15) is 0 Å². The molecule has 0 aliphatic heterocycles. The molecule has 0 spiro atoms. The summed E-state index contributed by atoms with van der Waals surface area (Å²) in [7, 11) is 0. The second kappa shape index (κ2) is 6.47. The number of para-hydroxylation sites is 1. The molecule has 0 aliphatic carbocycles. The Balaban J connectivity index is 2.29. The zero-order valence-corrected chi connectivity index (χ0v) is 12.0. The van der Waals surface area contributed by atoms with Gasteiger partial charge in [-0.25, -0.2) is 5.84 Å². The minimum absolute atomic E-state index is 0.393. The van der Waals surface area contributed by atoms with Gasteiger partial charge in [0.25, 0.3) is 5.91 Å². The van der Waals surface area contributed by atoms with Gasteiger partial charge in [0.1, 0.15) is 4.99 Å². The highest BCUT2D eigenvalue weighted by Gasteiger charge is 2.12. The molecule has 20 heavy (non-hydrogen) atoms. The molecule has 4 nitrogen and oxygen atoms in total. The van der Waals surface area contributed by atoms with Crippen LogP contribution in [0.1, 0.15) is 15.9 Å². The third kappa shape index (κ3) is 3.14. The maximum absolute atomic E-state index is 11.7. The molecule has 0 bridgehead atoms. The number of nitrogens with two attached hydrogens (primary N) is 1. The highest BCUT2D eigenvalue weighted by molar-refractivity contribution is 7.81. The van der Waals surface area contributed by atoms with E-state index in [1.54, 1.807) is 30.3 Å². The summed E-state index contributed by atoms with van der Waals surface area (Å²) in [6, 6.07) is 14.2. The van der Waals surface area contributed by atoms with E-state index in [4.69, 9.17) is 29.7 Å². The zero-order valence-electron chi connectivity index (χ0n) is 10.4. The Morgan fingerprint density at radius 1 is 1.05 bits per heavy atom. The molecule has 0 atom stereocenters. The van der Waals surface area contributed by atoms with E-state index in [1.807, 2.05) is 18.2 Å². The fraction of sp³-hybridized carbons (Fsp3) is 0. The second-order valence-electron chi connectivity index (χ2n) is 3.95. The molecule has 1 amide bonds. The average Bonchev–Trinajstić information content (AvgIpc) is 2.47. The van der Waals surface area contributed by atoms with Crippen molar-refractivity contribution in [3.05, 3.63) is 64.7 Å². The number of anilines is 1. The van der Waals surface area contributed by atoms with Gasteiger partial charge in [0.2, 0.25) is 0 Å². The van der Waals surface area contributed by atoms with Crippen LogP contribution in [0.25, 0.3) is 0 Å². The Morgan fingerprint density at radius 3 is 2.30 bits per heavy atom. The van der Waals surface area contributed by atoms with Gasteiger partial charge in [0.15, 0.2) is 0 Å². The summed E-state index contributed by atoms with van der Waals surface area (Å²) in [5, 5.41) is 3.56. The Labute approximate surface area is 126 Å². The van der Waals surface area contributed by atoms with Gasteiger partial charge in [0, 0.05) is 5.56 Å². The van der Waals surface area contributed by atoms with Crippen LogP contribution < -0.4 is 16.6 Å². The van der Waals surface area contributed by atoms with E-state index in [9.17, 15) is 4.79 Å². The van der Waals surface area contributed by atoms with Gasteiger partial charge in [0.05, 0.1) is 16.3 Å². The van der Waals surface area contributed by atoms with Crippen molar-refractivity contribution in [3.8, 4) is 0 Å². The molecule has 0 heterocycles. The van der Waals surface area contributed by atoms with Crippen molar-refractivity contribution >= 4 is 40.4 Å². The van der Waals surface area contributed by atoms with Gasteiger partial charge < -0.3 is 5.32 Å². The molecule has 6 heteroatoms. The molecule has 0 radical (unpaired) electrons. The van der Waals surface area contributed by atoms with Crippen molar-refractivity contribution in [2.45, 2.75) is 0 Å². The van der Waals surface area contributed by atoms with Gasteiger partial charge in [-0.1, -0.05) is 54.2 Å². The van der Waals surface area contributed by atoms with E-state index >= 15 is 0 Å². The SMILES string of the molecule is NNC(=O)c1ccccc1NC(=S)c1ccccc1Cl. The highest BCUT2D eigenvalue weighted by atomic mass is 35.5. The minimum Gasteiger partial charge on any atom is -0.345 e. The topological polar surface area (TPSA) is 67.1 Å². The van der Waals surface area contributed by atoms with Crippen LogP contribution in [0.3, 0.4) is 0 Å². The molecule has 4 N–H and O–H groups in total. The molecular weight excluding hydrogens is 294 g/mol. The lowest BCUT2D eigenvalue weighted by molar-refractivity contribution is 0.0954. The molecule has 102 valence electrons. The number of amides is 1. The summed E-state index contributed by atoms with van der Waals surface area (Å²) in [6.45, 7) is 0. The van der Waals surface area contributed by atoms with Crippen LogP contribution >= 0.6 is 23.8 Å². The number of nitrogens with one attached hydrogen (secondary N) is 2. The quantitative estimate of drug-likeness (QED) is 0.353. The molecule has 0 unspecified atom stereocenters. The van der Waals surface area contributed by atoms with E-state index in [2.05, 4.69) is 10.7 Å². The number of hydrazine groups is 1. The monoisotopic (exact) mass is 305 g/mol. The van der Waals surface area contributed by atoms with Gasteiger partial charge in [-0.05, 0) is 18.2 Å². The lowest BCUT2D eigenvalue weighted by atomic mass is 10.1. The predicted molar refractivity (Wildman–Crippen MR) is 84.9 cm³/mol. The number of nitrogen functional groups attached to an aromatic ring is 1. The number of carbonyl (C=O) groups excluding carboxylic acids is 1. The molecule has 2 aromatic carbocycles. The van der Waals surface area contributed by atoms with Crippen molar-refractivity contribution in [1.29, 1.82) is 0 Å². The number of carbonyl (C=O) groups is 1. The molecule has 2 aromatic rings. The van der Waals surface area contributed by atoms with Crippen molar-refractivity contribution < 1.29 is 4.79 Å². The molecular formula is C14H12ClN3OS. The Kier molecular flexibility index (Phi) is 4.68. The summed E-state index contributed by atoms with van der Waals surface area (Å²) in [6.07, 6.45) is 0. The molecule has 0 aliphatic rings. The number of thiocarbonyl (C=S) groups is 1. The molecule has 0 saturated heterocycles. The third-order valence-corrected chi connectivity index (χ3v) is 3.32. The fourth-order valence-corrected chi connectivity index (χ4v) is 2.28. The molecule has 0 aromatic heterocycles. The average molecular weight is 306 g/mol. The Morgan fingerprint density at radius 2 is 1.65 bits per heavy atom. The maximum atomic E-state index is 11.7. The Hall–Kier alpha value is -1.95. The summed E-state index contributed by atoms with van der Waals surface area (Å²) < 4.78 is 0. The van der Waals surface area contributed by atoms with Crippen LogP contribution in [-0.2, 0) is 0 Å². The number of rotatable bonds is 3. The summed E-state index contributed by atoms with van der Waals surface area (Å²) in [4.78, 5) is 12.1. The van der Waals surface area contributed by atoms with Crippen LogP contribution in [0.5, 0.6) is 0 Å². The van der Waals surface area contributed by atoms with Crippen molar-refractivity contribution in [2.75, 3.05) is 5.32 Å². The minimum atomic E-state index is -0.393. The first-order valence-corrected chi connectivity index (χ1v) is 6.58. The summed E-state index contributed by atoms with van der Waals surface area (Å²) in [5.41, 5.74) is 3.78. The molecule has 0 saturated carbocycles. The molecule has 0 fully saturated rings. The lowest BCUT2D eigenvalue weighted by Crippen LogP contribution is -2.31. The smallest absolute Gasteiger partial charge is 0.267 e. The fourth-order valence-electron chi connectivity index (χ4n) is 1.70. The van der Waals surface area contributed by atoms with Crippen molar-refractivity contribution in [1.82, 2.24) is 5.43 Å². The van der Waals surface area contributed by atoms with Crippen LogP contribution in [0.15, 0.2) is 48.5 Å². The first-order valence-electron chi connectivity index (χ1n) is 5.79. The lowest BCUT2D eigenvalue weighted by Gasteiger charge is -2.12. The van der Waals surface area contributed by atoms with E-state index in [1.165, 1.54) is 0 Å². The van der Waals surface area contributed by atoms with Crippen LogP contribution in [-0.4, -0.2) is 10.9 Å². The van der Waals surface area contributed by atoms with Crippen LogP contribution in [0.4, 0.5) is 5.69 Å². The second-order valence-corrected chi connectivity index (χ2v) is 4.77. The van der Waals surface area contributed by atoms with Gasteiger partial charge in [-0.15, -0.1) is 0 Å². The van der Waals surface area contributed by atoms with Crippen LogP contribution in [0.2, 0.25) is 5.02 Å². The van der Waals surface area contributed by atoms with Gasteiger partial charge >= 0.3 is 0 Å². The maximum Gasteiger partial charge on any atom is 0.267 e. The highest BCUT2D eigenvalue weighted by Crippen LogP contribution is 2.20. The number of halogens is 1. The van der Waals surface area contributed by atoms with Gasteiger partial charge in [-0.3, -0.25) is 10.2 Å². The zero-order chi connectivity index (χ0) is 14.5. The standard InChI is InChI=1S/C14H12ClN3OS/c15-11-7-3-1-5-9(11)14(20)17-12-8-4-2-6-10(12)13(19)18-16/h1-8H,16H2,(H,17,20)(H,18,19). The van der Waals surface area contributed by atoms with Crippen molar-refractivity contribution in [3.63, 3.8) is 0 Å². The first-order chi connectivity index (χ1) is 9.63. The summed E-state index contributed by atoms with van der Waals surface area (Å²) in [5.74, 6) is 4.76.